The van der Waals surface area contributed by atoms with Gasteiger partial charge in [-0.05, 0) is 25.2 Å². The van der Waals surface area contributed by atoms with Crippen molar-refractivity contribution in [2.45, 2.75) is 32.8 Å². The Bertz CT molecular complexity index is 475. The van der Waals surface area contributed by atoms with Gasteiger partial charge < -0.3 is 4.74 Å². The fourth-order valence-electron chi connectivity index (χ4n) is 2.23. The Balaban J connectivity index is 2.63. The van der Waals surface area contributed by atoms with Gasteiger partial charge in [0.1, 0.15) is 32.1 Å². The van der Waals surface area contributed by atoms with Gasteiger partial charge in [-0.2, -0.15) is 0 Å². The summed E-state index contributed by atoms with van der Waals surface area (Å²) in [5, 5.41) is 2.55. The molecule has 21 heavy (non-hydrogen) atoms. The van der Waals surface area contributed by atoms with Gasteiger partial charge in [-0.3, -0.25) is 0 Å². The fourth-order valence-corrected chi connectivity index (χ4v) is 4.76. The zero-order valence-electron chi connectivity index (χ0n) is 13.2. The quantitative estimate of drug-likeness (QED) is 0.292. The Morgan fingerprint density at radius 3 is 3.00 bits per heavy atom. The van der Waals surface area contributed by atoms with Crippen molar-refractivity contribution in [3.63, 3.8) is 0 Å². The lowest BCUT2D eigenvalue weighted by atomic mass is 9.94. The summed E-state index contributed by atoms with van der Waals surface area (Å²) in [6, 6.07) is 0. The van der Waals surface area contributed by atoms with Crippen LogP contribution in [0.4, 0.5) is 0 Å². The molecular formula is C17H26BOP2+. The molecule has 3 unspecified atom stereocenters. The first kappa shape index (κ1) is 18.6. The van der Waals surface area contributed by atoms with Gasteiger partial charge in [0.2, 0.25) is 0 Å². The van der Waals surface area contributed by atoms with E-state index in [2.05, 4.69) is 41.8 Å². The number of allylic oxidation sites excluding steroid dienone is 6. The molecule has 0 bridgehead atoms. The maximum atomic E-state index is 6.01. The summed E-state index contributed by atoms with van der Waals surface area (Å²) in [5.41, 5.74) is 0.714. The van der Waals surface area contributed by atoms with E-state index in [-0.39, 0.29) is 13.6 Å². The first-order valence-electron chi connectivity index (χ1n) is 7.50. The average Bonchev–Trinajstić information content (AvgIpc) is 2.70. The Kier molecular flexibility index (Phi) is 9.17. The van der Waals surface area contributed by atoms with Crippen molar-refractivity contribution >= 4 is 29.9 Å². The van der Waals surface area contributed by atoms with Crippen LogP contribution in [0.25, 0.3) is 0 Å². The highest BCUT2D eigenvalue weighted by Gasteiger charge is 2.18. The summed E-state index contributed by atoms with van der Waals surface area (Å²) in [7, 11) is 8.60. The average molecular weight is 319 g/mol. The summed E-state index contributed by atoms with van der Waals surface area (Å²) >= 11 is 0. The number of hydrogen-bond donors (Lipinski definition) is 0. The molecule has 0 amide bonds. The second-order valence-corrected chi connectivity index (χ2v) is 8.52. The Labute approximate surface area is 134 Å². The molecule has 2 radical (unpaired) electrons. The van der Waals surface area contributed by atoms with Crippen molar-refractivity contribution in [3.05, 3.63) is 47.7 Å². The molecule has 0 N–H and O–H groups in total. The second-order valence-electron chi connectivity index (χ2n) is 5.11. The minimum Gasteiger partial charge on any atom is -0.366 e. The molecule has 4 heteroatoms. The van der Waals surface area contributed by atoms with Crippen molar-refractivity contribution in [3.8, 4) is 0 Å². The third-order valence-corrected chi connectivity index (χ3v) is 6.77. The molecule has 0 aromatic heterocycles. The molecule has 0 saturated heterocycles. The molecule has 0 fully saturated rings. The van der Waals surface area contributed by atoms with Crippen LogP contribution >= 0.6 is 16.8 Å². The van der Waals surface area contributed by atoms with Crippen LogP contribution in [0.1, 0.15) is 26.7 Å². The Morgan fingerprint density at radius 1 is 1.57 bits per heavy atom. The molecular weight excluding hydrogens is 293 g/mol. The molecule has 0 aromatic rings. The molecule has 3 atom stereocenters. The highest BCUT2D eigenvalue weighted by molar-refractivity contribution is 7.59. The van der Waals surface area contributed by atoms with Crippen molar-refractivity contribution < 1.29 is 4.74 Å². The van der Waals surface area contributed by atoms with Gasteiger partial charge in [-0.25, -0.2) is 0 Å². The molecule has 1 rings (SSSR count). The standard InChI is InChI=1S/C17H26BOP2/c1-4-9-16(18)17(20)12-14(3)19-13-15-10-7-6-8-11-21(15)5-2/h4,6-7,9,12,14H,1,5,8,10-11,13,20H2,2-3H3/q+1/b16-9+,17-12+. The van der Waals surface area contributed by atoms with E-state index in [1.165, 1.54) is 18.7 Å². The summed E-state index contributed by atoms with van der Waals surface area (Å²) in [6.45, 7) is 8.78. The van der Waals surface area contributed by atoms with Crippen molar-refractivity contribution in [1.29, 1.82) is 0 Å². The van der Waals surface area contributed by atoms with E-state index >= 15 is 0 Å². The van der Waals surface area contributed by atoms with Crippen LogP contribution in [0, 0.1) is 0 Å². The van der Waals surface area contributed by atoms with Crippen LogP contribution in [0.15, 0.2) is 47.7 Å². The van der Waals surface area contributed by atoms with E-state index in [0.29, 0.717) is 5.47 Å². The smallest absolute Gasteiger partial charge is 0.127 e. The van der Waals surface area contributed by atoms with E-state index in [9.17, 15) is 0 Å². The third-order valence-electron chi connectivity index (χ3n) is 3.47. The first-order valence-corrected chi connectivity index (χ1v) is 9.79. The lowest BCUT2D eigenvalue weighted by molar-refractivity contribution is 0.132. The van der Waals surface area contributed by atoms with Crippen LogP contribution in [-0.2, 0) is 4.74 Å². The summed E-state index contributed by atoms with van der Waals surface area (Å²) in [5.74, 6) is 0. The van der Waals surface area contributed by atoms with Crippen LogP contribution < -0.4 is 0 Å². The Morgan fingerprint density at radius 2 is 2.33 bits per heavy atom. The zero-order chi connectivity index (χ0) is 15.7. The summed E-state index contributed by atoms with van der Waals surface area (Å²) in [6.07, 6.45) is 15.1. The van der Waals surface area contributed by atoms with Crippen LogP contribution in [0.5, 0.6) is 0 Å². The van der Waals surface area contributed by atoms with Gasteiger partial charge in [-0.15, -0.1) is 9.24 Å². The van der Waals surface area contributed by atoms with E-state index in [0.717, 1.165) is 18.3 Å². The van der Waals surface area contributed by atoms with Crippen LogP contribution in [0.2, 0.25) is 0 Å². The molecule has 0 aliphatic carbocycles. The zero-order valence-corrected chi connectivity index (χ0v) is 15.3. The van der Waals surface area contributed by atoms with Gasteiger partial charge >= 0.3 is 0 Å². The minimum absolute atomic E-state index is 0.0252. The van der Waals surface area contributed by atoms with Crippen molar-refractivity contribution in [2.75, 3.05) is 18.9 Å². The Hall–Kier alpha value is -0.415. The maximum absolute atomic E-state index is 6.01. The molecule has 0 saturated carbocycles. The fraction of sp³-hybridized carbons (Fsp3) is 0.471. The van der Waals surface area contributed by atoms with Gasteiger partial charge in [0.15, 0.2) is 0 Å². The lowest BCUT2D eigenvalue weighted by Gasteiger charge is -2.11. The maximum Gasteiger partial charge on any atom is 0.127 e. The largest absolute Gasteiger partial charge is 0.366 e. The minimum atomic E-state index is 0.0252. The molecule has 112 valence electrons. The van der Waals surface area contributed by atoms with Gasteiger partial charge in [0.05, 0.1) is 13.6 Å². The summed E-state index contributed by atoms with van der Waals surface area (Å²) in [4.78, 5) is 0. The SMILES string of the molecule is [B]C(=C/C=C)/C(P)=C\C(C)OCC1=[P+](CC)CCC=CC1. The highest BCUT2D eigenvalue weighted by Crippen LogP contribution is 2.29. The van der Waals surface area contributed by atoms with Crippen molar-refractivity contribution in [2.24, 2.45) is 0 Å². The highest BCUT2D eigenvalue weighted by atomic mass is 31.1. The topological polar surface area (TPSA) is 9.23 Å². The van der Waals surface area contributed by atoms with Crippen molar-refractivity contribution in [1.82, 2.24) is 0 Å². The van der Waals surface area contributed by atoms with Crippen LogP contribution in [0.3, 0.4) is 0 Å². The van der Waals surface area contributed by atoms with E-state index in [4.69, 9.17) is 12.6 Å². The first-order chi connectivity index (χ1) is 10.1. The van der Waals surface area contributed by atoms with Crippen LogP contribution in [-0.4, -0.2) is 38.2 Å². The molecule has 1 aliphatic rings. The van der Waals surface area contributed by atoms with E-state index in [1.54, 1.807) is 17.4 Å². The number of rotatable bonds is 7. The predicted molar refractivity (Wildman–Crippen MR) is 103 cm³/mol. The van der Waals surface area contributed by atoms with E-state index < -0.39 is 0 Å². The van der Waals surface area contributed by atoms with Gasteiger partial charge in [0.25, 0.3) is 0 Å². The molecule has 1 heterocycles. The van der Waals surface area contributed by atoms with Gasteiger partial charge in [-0.1, -0.05) is 36.4 Å². The molecule has 1 aliphatic heterocycles. The van der Waals surface area contributed by atoms with Gasteiger partial charge in [0, 0.05) is 12.8 Å². The number of hydrogen-bond acceptors (Lipinski definition) is 1. The predicted octanol–water partition coefficient (Wildman–Crippen LogP) is 4.41. The molecule has 1 nitrogen and oxygen atoms in total. The monoisotopic (exact) mass is 319 g/mol. The second kappa shape index (κ2) is 10.3. The number of ether oxygens (including phenoxy) is 1. The summed E-state index contributed by atoms with van der Waals surface area (Å²) < 4.78 is 6.01. The lowest BCUT2D eigenvalue weighted by Crippen LogP contribution is -2.14. The molecule has 0 aromatic carbocycles. The third kappa shape index (κ3) is 6.92. The molecule has 0 spiro atoms. The van der Waals surface area contributed by atoms with E-state index in [1.807, 2.05) is 6.08 Å². The normalized spacial score (nSPS) is 20.3.